The van der Waals surface area contributed by atoms with Crippen LogP contribution in [0.1, 0.15) is 26.3 Å². The highest BCUT2D eigenvalue weighted by molar-refractivity contribution is 6.18. The summed E-state index contributed by atoms with van der Waals surface area (Å²) in [7, 11) is 1.59. The first-order valence-corrected chi connectivity index (χ1v) is 8.15. The Bertz CT molecular complexity index is 923. The SMILES string of the molecule is CC1=C(C(=O)OC(C)C)C2(C(=O)N(C)c3ccccc32)C(C#N)=C(N)O1. The van der Waals surface area contributed by atoms with E-state index in [2.05, 4.69) is 0 Å². The molecule has 0 aliphatic carbocycles. The summed E-state index contributed by atoms with van der Waals surface area (Å²) in [5.41, 5.74) is 5.25. The number of nitrogens with zero attached hydrogens (tertiary/aromatic N) is 2. The zero-order chi connectivity index (χ0) is 19.2. The van der Waals surface area contributed by atoms with Crippen molar-refractivity contribution in [3.8, 4) is 6.07 Å². The molecular weight excluding hydrogens is 334 g/mol. The summed E-state index contributed by atoms with van der Waals surface area (Å²) < 4.78 is 10.8. The number of ether oxygens (including phenoxy) is 2. The Labute approximate surface area is 151 Å². The summed E-state index contributed by atoms with van der Waals surface area (Å²) in [6.45, 7) is 4.94. The van der Waals surface area contributed by atoms with Crippen molar-refractivity contribution in [1.29, 1.82) is 5.26 Å². The number of benzene rings is 1. The molecule has 0 saturated carbocycles. The Kier molecular flexibility index (Phi) is 3.99. The number of carbonyl (C=O) groups excluding carboxylic acids is 2. The number of para-hydroxylation sites is 1. The van der Waals surface area contributed by atoms with Crippen molar-refractivity contribution in [1.82, 2.24) is 0 Å². The number of nitriles is 1. The van der Waals surface area contributed by atoms with Crippen LogP contribution in [-0.2, 0) is 24.5 Å². The van der Waals surface area contributed by atoms with Gasteiger partial charge in [-0.2, -0.15) is 5.26 Å². The fraction of sp³-hybridized carbons (Fsp3) is 0.316. The van der Waals surface area contributed by atoms with Crippen LogP contribution in [0.2, 0.25) is 0 Å². The monoisotopic (exact) mass is 353 g/mol. The zero-order valence-electron chi connectivity index (χ0n) is 15.0. The fourth-order valence-electron chi connectivity index (χ4n) is 3.59. The molecule has 134 valence electrons. The smallest absolute Gasteiger partial charge is 0.339 e. The first-order valence-electron chi connectivity index (χ1n) is 8.15. The van der Waals surface area contributed by atoms with E-state index in [4.69, 9.17) is 15.2 Å². The van der Waals surface area contributed by atoms with Gasteiger partial charge in [0.25, 0.3) is 0 Å². The predicted molar refractivity (Wildman–Crippen MR) is 93.4 cm³/mol. The molecule has 1 aromatic carbocycles. The predicted octanol–water partition coefficient (Wildman–Crippen LogP) is 1.85. The summed E-state index contributed by atoms with van der Waals surface area (Å²) in [5, 5.41) is 9.77. The lowest BCUT2D eigenvalue weighted by Crippen LogP contribution is -2.48. The molecule has 1 spiro atoms. The van der Waals surface area contributed by atoms with E-state index >= 15 is 0 Å². The molecule has 1 unspecified atom stereocenters. The average molecular weight is 353 g/mol. The molecule has 7 nitrogen and oxygen atoms in total. The van der Waals surface area contributed by atoms with Crippen LogP contribution in [0.3, 0.4) is 0 Å². The molecule has 1 atom stereocenters. The van der Waals surface area contributed by atoms with Crippen molar-refractivity contribution in [2.75, 3.05) is 11.9 Å². The highest BCUT2D eigenvalue weighted by Crippen LogP contribution is 2.53. The van der Waals surface area contributed by atoms with Crippen LogP contribution in [-0.4, -0.2) is 25.0 Å². The number of amides is 1. The van der Waals surface area contributed by atoms with Crippen molar-refractivity contribution in [3.63, 3.8) is 0 Å². The van der Waals surface area contributed by atoms with E-state index in [1.807, 2.05) is 6.07 Å². The summed E-state index contributed by atoms with van der Waals surface area (Å²) in [6, 6.07) is 8.97. The molecule has 0 fully saturated rings. The maximum atomic E-state index is 13.4. The number of rotatable bonds is 2. The minimum Gasteiger partial charge on any atom is -0.459 e. The van der Waals surface area contributed by atoms with Crippen LogP contribution in [0.15, 0.2) is 47.1 Å². The van der Waals surface area contributed by atoms with Crippen molar-refractivity contribution in [2.45, 2.75) is 32.3 Å². The summed E-state index contributed by atoms with van der Waals surface area (Å²) in [4.78, 5) is 27.7. The van der Waals surface area contributed by atoms with Crippen LogP contribution in [0.4, 0.5) is 5.69 Å². The minimum absolute atomic E-state index is 0.0150. The van der Waals surface area contributed by atoms with Gasteiger partial charge in [0.2, 0.25) is 11.8 Å². The lowest BCUT2D eigenvalue weighted by molar-refractivity contribution is -0.144. The van der Waals surface area contributed by atoms with E-state index in [9.17, 15) is 14.9 Å². The van der Waals surface area contributed by atoms with Crippen molar-refractivity contribution in [3.05, 3.63) is 52.6 Å². The second kappa shape index (κ2) is 5.92. The van der Waals surface area contributed by atoms with E-state index in [0.29, 0.717) is 11.3 Å². The molecule has 2 aliphatic rings. The number of anilines is 1. The van der Waals surface area contributed by atoms with Gasteiger partial charge in [0.05, 0.1) is 6.10 Å². The largest absolute Gasteiger partial charge is 0.459 e. The maximum absolute atomic E-state index is 13.4. The van der Waals surface area contributed by atoms with Crippen molar-refractivity contribution >= 4 is 17.6 Å². The number of carbonyl (C=O) groups is 2. The Hall–Kier alpha value is -3.27. The van der Waals surface area contributed by atoms with Gasteiger partial charge in [0.1, 0.15) is 23.0 Å². The van der Waals surface area contributed by atoms with Gasteiger partial charge in [-0.25, -0.2) is 4.79 Å². The molecule has 3 rings (SSSR count). The van der Waals surface area contributed by atoms with Crippen molar-refractivity contribution < 1.29 is 19.1 Å². The highest BCUT2D eigenvalue weighted by atomic mass is 16.5. The Morgan fingerprint density at radius 3 is 2.65 bits per heavy atom. The van der Waals surface area contributed by atoms with Gasteiger partial charge in [0, 0.05) is 18.3 Å². The zero-order valence-corrected chi connectivity index (χ0v) is 15.0. The number of esters is 1. The third-order valence-electron chi connectivity index (χ3n) is 4.57. The van der Waals surface area contributed by atoms with E-state index in [-0.39, 0.29) is 22.8 Å². The first kappa shape index (κ1) is 17.5. The van der Waals surface area contributed by atoms with Crippen molar-refractivity contribution in [2.24, 2.45) is 5.73 Å². The normalized spacial score (nSPS) is 21.8. The Morgan fingerprint density at radius 1 is 1.38 bits per heavy atom. The van der Waals surface area contributed by atoms with Crippen LogP contribution in [0.5, 0.6) is 0 Å². The van der Waals surface area contributed by atoms with Gasteiger partial charge in [0.15, 0.2) is 5.41 Å². The molecule has 0 radical (unpaired) electrons. The molecule has 1 aromatic rings. The number of fused-ring (bicyclic) bond motifs is 2. The summed E-state index contributed by atoms with van der Waals surface area (Å²) in [5.74, 6) is -1.21. The molecule has 0 saturated heterocycles. The van der Waals surface area contributed by atoms with Gasteiger partial charge in [-0.1, -0.05) is 18.2 Å². The third kappa shape index (κ3) is 2.12. The number of allylic oxidation sites excluding steroid dienone is 1. The van der Waals surface area contributed by atoms with Crippen LogP contribution in [0.25, 0.3) is 0 Å². The molecule has 1 amide bonds. The molecule has 0 bridgehead atoms. The Morgan fingerprint density at radius 2 is 2.04 bits per heavy atom. The number of hydrogen-bond acceptors (Lipinski definition) is 6. The van der Waals surface area contributed by atoms with E-state index in [1.165, 1.54) is 11.8 Å². The van der Waals surface area contributed by atoms with Gasteiger partial charge >= 0.3 is 5.97 Å². The number of hydrogen-bond donors (Lipinski definition) is 1. The van der Waals surface area contributed by atoms with E-state index in [1.54, 1.807) is 45.2 Å². The Balaban J connectivity index is 2.39. The molecule has 0 aromatic heterocycles. The average Bonchev–Trinajstić information content (AvgIpc) is 2.78. The molecule has 2 aliphatic heterocycles. The van der Waals surface area contributed by atoms with E-state index < -0.39 is 23.4 Å². The molecule has 2 N–H and O–H groups in total. The topological polar surface area (TPSA) is 106 Å². The minimum atomic E-state index is -1.67. The third-order valence-corrected chi connectivity index (χ3v) is 4.57. The lowest BCUT2D eigenvalue weighted by atomic mass is 9.68. The number of likely N-dealkylation sites (N-methyl/N-ethyl adjacent to an activating group) is 1. The van der Waals surface area contributed by atoms with Crippen LogP contribution in [0, 0.1) is 11.3 Å². The second-order valence-corrected chi connectivity index (χ2v) is 6.47. The quantitative estimate of drug-likeness (QED) is 0.814. The maximum Gasteiger partial charge on any atom is 0.339 e. The molecule has 7 heteroatoms. The number of nitrogens with two attached hydrogens (primary N) is 1. The fourth-order valence-corrected chi connectivity index (χ4v) is 3.59. The van der Waals surface area contributed by atoms with Crippen LogP contribution >= 0.6 is 0 Å². The van der Waals surface area contributed by atoms with Crippen LogP contribution < -0.4 is 10.6 Å². The first-order chi connectivity index (χ1) is 12.3. The summed E-state index contributed by atoms with van der Waals surface area (Å²) in [6.07, 6.45) is -0.405. The molecule has 2 heterocycles. The van der Waals surface area contributed by atoms with Gasteiger partial charge in [-0.15, -0.1) is 0 Å². The lowest BCUT2D eigenvalue weighted by Gasteiger charge is -2.34. The second-order valence-electron chi connectivity index (χ2n) is 6.47. The van der Waals surface area contributed by atoms with Gasteiger partial charge in [-0.05, 0) is 26.8 Å². The van der Waals surface area contributed by atoms with Gasteiger partial charge in [-0.3, -0.25) is 4.79 Å². The molecule has 26 heavy (non-hydrogen) atoms. The van der Waals surface area contributed by atoms with E-state index in [0.717, 1.165) is 0 Å². The standard InChI is InChI=1S/C19H19N3O4/c1-10(2)25-17(23)15-11(3)26-16(21)13(9-20)19(15)12-7-5-6-8-14(12)22(4)18(19)24/h5-8,10H,21H2,1-4H3. The summed E-state index contributed by atoms with van der Waals surface area (Å²) >= 11 is 0. The highest BCUT2D eigenvalue weighted by Gasteiger charge is 2.61. The molecular formula is C19H19N3O4. The van der Waals surface area contributed by atoms with Gasteiger partial charge < -0.3 is 20.1 Å².